The molecule has 2 heterocycles. The Labute approximate surface area is 195 Å². The van der Waals surface area contributed by atoms with E-state index in [0.29, 0.717) is 16.9 Å². The minimum absolute atomic E-state index is 0.00212. The van der Waals surface area contributed by atoms with Crippen LogP contribution >= 0.6 is 0 Å². The number of rotatable bonds is 6. The Morgan fingerprint density at radius 1 is 1.03 bits per heavy atom. The van der Waals surface area contributed by atoms with Gasteiger partial charge in [0, 0.05) is 35.8 Å². The highest BCUT2D eigenvalue weighted by atomic mass is 19.4. The van der Waals surface area contributed by atoms with Crippen molar-refractivity contribution in [3.8, 4) is 17.3 Å². The maximum atomic E-state index is 13.6. The lowest BCUT2D eigenvalue weighted by atomic mass is 9.99. The average molecular weight is 467 g/mol. The van der Waals surface area contributed by atoms with Gasteiger partial charge in [-0.2, -0.15) is 18.4 Å². The summed E-state index contributed by atoms with van der Waals surface area (Å²) in [6.45, 7) is 1.79. The number of nitrogens with zero attached hydrogens (tertiary/aromatic N) is 3. The molecular weight excluding hydrogens is 443 g/mol. The summed E-state index contributed by atoms with van der Waals surface area (Å²) in [5.41, 5.74) is 1.87. The number of nitriles is 1. The molecule has 2 aliphatic rings. The van der Waals surface area contributed by atoms with Gasteiger partial charge < -0.3 is 14.2 Å². The number of hydrogen-bond acceptors (Lipinski definition) is 5. The Bertz CT molecular complexity index is 1190. The van der Waals surface area contributed by atoms with Gasteiger partial charge in [0.2, 0.25) is 0 Å². The molecular formula is C26H24F3N3O2. The molecule has 1 aliphatic heterocycles. The molecule has 176 valence electrons. The second kappa shape index (κ2) is 9.15. The Balaban J connectivity index is 1.29. The van der Waals surface area contributed by atoms with Crippen LogP contribution in [0, 0.1) is 11.3 Å². The molecule has 5 rings (SSSR count). The van der Waals surface area contributed by atoms with Gasteiger partial charge in [-0.3, -0.25) is 0 Å². The fourth-order valence-corrected chi connectivity index (χ4v) is 4.50. The largest absolute Gasteiger partial charge is 0.417 e. The van der Waals surface area contributed by atoms with Crippen molar-refractivity contribution in [3.05, 3.63) is 71.0 Å². The molecule has 1 aliphatic carbocycles. The molecule has 0 amide bonds. The fraction of sp³-hybridized carbons (Fsp3) is 0.385. The van der Waals surface area contributed by atoms with E-state index in [2.05, 4.69) is 16.1 Å². The smallest absolute Gasteiger partial charge is 0.373 e. The molecule has 3 aromatic rings. The first-order valence-corrected chi connectivity index (χ1v) is 11.5. The summed E-state index contributed by atoms with van der Waals surface area (Å²) >= 11 is 0. The van der Waals surface area contributed by atoms with Crippen molar-refractivity contribution in [1.82, 2.24) is 5.16 Å². The van der Waals surface area contributed by atoms with Crippen LogP contribution in [0.25, 0.3) is 11.3 Å². The summed E-state index contributed by atoms with van der Waals surface area (Å²) in [4.78, 5) is 2.25. The maximum Gasteiger partial charge on any atom is 0.417 e. The van der Waals surface area contributed by atoms with Crippen molar-refractivity contribution < 1.29 is 22.4 Å². The first kappa shape index (κ1) is 22.5. The molecule has 5 nitrogen and oxygen atoms in total. The van der Waals surface area contributed by atoms with Crippen LogP contribution in [0.2, 0.25) is 0 Å². The van der Waals surface area contributed by atoms with E-state index in [1.807, 2.05) is 24.3 Å². The third-order valence-electron chi connectivity index (χ3n) is 6.52. The molecule has 1 saturated heterocycles. The van der Waals surface area contributed by atoms with Gasteiger partial charge in [-0.15, -0.1) is 0 Å². The van der Waals surface area contributed by atoms with Gasteiger partial charge in [-0.1, -0.05) is 23.4 Å². The maximum absolute atomic E-state index is 13.6. The van der Waals surface area contributed by atoms with Crippen molar-refractivity contribution in [1.29, 1.82) is 5.26 Å². The van der Waals surface area contributed by atoms with Crippen LogP contribution in [-0.4, -0.2) is 24.4 Å². The van der Waals surface area contributed by atoms with Gasteiger partial charge in [0.1, 0.15) is 11.5 Å². The van der Waals surface area contributed by atoms with Crippen LogP contribution in [0.4, 0.5) is 18.9 Å². The number of aromatic nitrogens is 1. The van der Waals surface area contributed by atoms with Gasteiger partial charge in [0.25, 0.3) is 0 Å². The normalized spacial score (nSPS) is 17.1. The van der Waals surface area contributed by atoms with Gasteiger partial charge in [0.15, 0.2) is 0 Å². The summed E-state index contributed by atoms with van der Waals surface area (Å²) < 4.78 is 52.6. The third kappa shape index (κ3) is 4.66. The SMILES string of the molecule is N#Cc1ccc(N2CCC(OCc3c(-c4ccccc4C(F)(F)F)noc3C3CC3)CC2)cc1. The highest BCUT2D eigenvalue weighted by Gasteiger charge is 2.37. The summed E-state index contributed by atoms with van der Waals surface area (Å²) in [7, 11) is 0. The van der Waals surface area contributed by atoms with E-state index >= 15 is 0 Å². The van der Waals surface area contributed by atoms with E-state index in [-0.39, 0.29) is 29.9 Å². The molecule has 0 spiro atoms. The van der Waals surface area contributed by atoms with Crippen molar-refractivity contribution in [3.63, 3.8) is 0 Å². The lowest BCUT2D eigenvalue weighted by Gasteiger charge is -2.33. The quantitative estimate of drug-likeness (QED) is 0.426. The molecule has 1 saturated carbocycles. The Morgan fingerprint density at radius 3 is 2.38 bits per heavy atom. The van der Waals surface area contributed by atoms with Crippen LogP contribution in [0.3, 0.4) is 0 Å². The number of hydrogen-bond donors (Lipinski definition) is 0. The number of anilines is 1. The van der Waals surface area contributed by atoms with Crippen LogP contribution < -0.4 is 4.90 Å². The first-order valence-electron chi connectivity index (χ1n) is 11.5. The number of alkyl halides is 3. The molecule has 2 fully saturated rings. The second-order valence-corrected chi connectivity index (χ2v) is 8.85. The second-order valence-electron chi connectivity index (χ2n) is 8.85. The van der Waals surface area contributed by atoms with E-state index in [4.69, 9.17) is 14.5 Å². The molecule has 0 radical (unpaired) electrons. The van der Waals surface area contributed by atoms with E-state index in [9.17, 15) is 13.2 Å². The Kier molecular flexibility index (Phi) is 6.05. The van der Waals surface area contributed by atoms with Crippen molar-refractivity contribution in [2.75, 3.05) is 18.0 Å². The fourth-order valence-electron chi connectivity index (χ4n) is 4.50. The van der Waals surface area contributed by atoms with Gasteiger partial charge in [-0.05, 0) is 56.0 Å². The third-order valence-corrected chi connectivity index (χ3v) is 6.52. The van der Waals surface area contributed by atoms with Crippen LogP contribution in [0.1, 0.15) is 54.1 Å². The lowest BCUT2D eigenvalue weighted by molar-refractivity contribution is -0.137. The standard InChI is InChI=1S/C26H24F3N3O2/c27-26(28,29)23-4-2-1-3-21(23)24-22(25(34-31-24)18-7-8-18)16-33-20-11-13-32(14-12-20)19-9-5-17(15-30)6-10-19/h1-6,9-10,18,20H,7-8,11-14,16H2. The summed E-state index contributed by atoms with van der Waals surface area (Å²) in [5.74, 6) is 0.859. The summed E-state index contributed by atoms with van der Waals surface area (Å²) in [5, 5.41) is 13.0. The molecule has 0 atom stereocenters. The topological polar surface area (TPSA) is 62.3 Å². The van der Waals surface area contributed by atoms with Crippen LogP contribution in [0.5, 0.6) is 0 Å². The molecule has 34 heavy (non-hydrogen) atoms. The highest BCUT2D eigenvalue weighted by molar-refractivity contribution is 5.68. The number of halogens is 3. The van der Waals surface area contributed by atoms with Crippen molar-refractivity contribution >= 4 is 5.69 Å². The first-order chi connectivity index (χ1) is 16.4. The monoisotopic (exact) mass is 467 g/mol. The zero-order valence-corrected chi connectivity index (χ0v) is 18.5. The predicted octanol–water partition coefficient (Wildman–Crippen LogP) is 6.30. The van der Waals surface area contributed by atoms with E-state index in [0.717, 1.165) is 50.5 Å². The molecule has 8 heteroatoms. The van der Waals surface area contributed by atoms with E-state index in [1.54, 1.807) is 6.07 Å². The van der Waals surface area contributed by atoms with E-state index < -0.39 is 11.7 Å². The average Bonchev–Trinajstić information content (AvgIpc) is 3.61. The molecule has 0 N–H and O–H groups in total. The minimum Gasteiger partial charge on any atom is -0.373 e. The molecule has 1 aromatic heterocycles. The van der Waals surface area contributed by atoms with Crippen molar-refractivity contribution in [2.45, 2.75) is 50.5 Å². The van der Waals surface area contributed by atoms with Gasteiger partial charge in [0.05, 0.1) is 29.9 Å². The number of piperidine rings is 1. The summed E-state index contributed by atoms with van der Waals surface area (Å²) in [6.07, 6.45) is -0.970. The molecule has 0 bridgehead atoms. The van der Waals surface area contributed by atoms with Gasteiger partial charge in [-0.25, -0.2) is 0 Å². The van der Waals surface area contributed by atoms with Crippen molar-refractivity contribution in [2.24, 2.45) is 0 Å². The zero-order valence-electron chi connectivity index (χ0n) is 18.5. The Hall–Kier alpha value is -3.31. The summed E-state index contributed by atoms with van der Waals surface area (Å²) in [6, 6.07) is 15.1. The van der Waals surface area contributed by atoms with Crippen LogP contribution in [0.15, 0.2) is 53.1 Å². The Morgan fingerprint density at radius 2 is 1.74 bits per heavy atom. The highest BCUT2D eigenvalue weighted by Crippen LogP contribution is 2.46. The molecule has 2 aromatic carbocycles. The zero-order chi connectivity index (χ0) is 23.7. The minimum atomic E-state index is -4.48. The molecule has 0 unspecified atom stereocenters. The lowest BCUT2D eigenvalue weighted by Crippen LogP contribution is -2.37. The van der Waals surface area contributed by atoms with Gasteiger partial charge >= 0.3 is 6.18 Å². The number of benzene rings is 2. The van der Waals surface area contributed by atoms with E-state index in [1.165, 1.54) is 12.1 Å². The van der Waals surface area contributed by atoms with Crippen LogP contribution in [-0.2, 0) is 17.5 Å². The predicted molar refractivity (Wildman–Crippen MR) is 120 cm³/mol. The number of ether oxygens (including phenoxy) is 1.